The van der Waals surface area contributed by atoms with Crippen LogP contribution in [0.5, 0.6) is 11.5 Å². The van der Waals surface area contributed by atoms with E-state index in [2.05, 4.69) is 190 Å². The van der Waals surface area contributed by atoms with Crippen molar-refractivity contribution in [1.29, 1.82) is 0 Å². The van der Waals surface area contributed by atoms with E-state index in [1.165, 1.54) is 21.9 Å². The molecule has 9 aromatic rings. The third kappa shape index (κ3) is 5.00. The summed E-state index contributed by atoms with van der Waals surface area (Å²) < 4.78 is 8.70. The van der Waals surface area contributed by atoms with Crippen LogP contribution in [-0.2, 0) is 0 Å². The van der Waals surface area contributed by atoms with Crippen LogP contribution in [0.3, 0.4) is 0 Å². The Morgan fingerprint density at radius 2 is 0.923 bits per heavy atom. The van der Waals surface area contributed by atoms with Gasteiger partial charge in [-0.2, -0.15) is 0 Å². The average molecular weight is 668 g/mol. The molecular formula is C48H33N3O. The van der Waals surface area contributed by atoms with E-state index in [1.54, 1.807) is 0 Å². The summed E-state index contributed by atoms with van der Waals surface area (Å²) in [6.07, 6.45) is 0. The topological polar surface area (TPSA) is 20.6 Å². The first kappa shape index (κ1) is 29.8. The van der Waals surface area contributed by atoms with Crippen molar-refractivity contribution < 1.29 is 4.74 Å². The molecule has 4 heteroatoms. The van der Waals surface area contributed by atoms with Gasteiger partial charge in [0.05, 0.1) is 22.4 Å². The molecule has 2 heterocycles. The highest BCUT2D eigenvalue weighted by atomic mass is 16.5. The molecule has 0 amide bonds. The molecule has 4 nitrogen and oxygen atoms in total. The van der Waals surface area contributed by atoms with E-state index in [0.717, 1.165) is 62.3 Å². The number of ether oxygens (including phenoxy) is 1. The molecule has 0 N–H and O–H groups in total. The molecule has 1 aromatic heterocycles. The van der Waals surface area contributed by atoms with E-state index in [0.29, 0.717) is 0 Å². The molecular weight excluding hydrogens is 635 g/mol. The smallest absolute Gasteiger partial charge is 0.151 e. The fourth-order valence-electron chi connectivity index (χ4n) is 7.59. The number of para-hydroxylation sites is 6. The van der Waals surface area contributed by atoms with Crippen molar-refractivity contribution in [3.8, 4) is 28.3 Å². The van der Waals surface area contributed by atoms with Crippen LogP contribution in [0.25, 0.3) is 38.6 Å². The van der Waals surface area contributed by atoms with E-state index in [1.807, 2.05) is 24.3 Å². The van der Waals surface area contributed by atoms with Gasteiger partial charge in [-0.05, 0) is 102 Å². The lowest BCUT2D eigenvalue weighted by molar-refractivity contribution is 0.477. The Bertz CT molecular complexity index is 2670. The first-order valence-electron chi connectivity index (χ1n) is 17.6. The summed E-state index contributed by atoms with van der Waals surface area (Å²) in [5.41, 5.74) is 12.2. The number of hydrogen-bond donors (Lipinski definition) is 0. The van der Waals surface area contributed by atoms with Crippen molar-refractivity contribution in [3.63, 3.8) is 0 Å². The Hall–Kier alpha value is -7.04. The van der Waals surface area contributed by atoms with E-state index in [4.69, 9.17) is 4.74 Å². The molecule has 246 valence electrons. The van der Waals surface area contributed by atoms with Crippen LogP contribution in [0.2, 0.25) is 0 Å². The van der Waals surface area contributed by atoms with Gasteiger partial charge < -0.3 is 19.1 Å². The quantitative estimate of drug-likeness (QED) is 0.176. The van der Waals surface area contributed by atoms with Crippen molar-refractivity contribution in [2.75, 3.05) is 9.80 Å². The molecule has 0 atom stereocenters. The largest absolute Gasteiger partial charge is 0.453 e. The fourth-order valence-corrected chi connectivity index (χ4v) is 7.59. The summed E-state index contributed by atoms with van der Waals surface area (Å²) in [6, 6.07) is 70.9. The second kappa shape index (κ2) is 12.4. The van der Waals surface area contributed by atoms with Crippen LogP contribution in [0.1, 0.15) is 0 Å². The standard InChI is InChI=1S/C48H33N3O/c1-3-14-34(15-4-1)35-26-28-37(29-27-35)49(36-16-5-2-6-17-36)40-30-31-44-42(33-40)41-20-7-8-21-43(41)50(44)38-18-13-19-39(32-38)51-45-22-9-11-24-47(45)52-48-25-12-10-23-46(48)51/h1-33H. The molecule has 0 aliphatic carbocycles. The third-order valence-corrected chi connectivity index (χ3v) is 9.94. The molecule has 0 saturated carbocycles. The maximum atomic E-state index is 6.32. The summed E-state index contributed by atoms with van der Waals surface area (Å²) in [6.45, 7) is 0. The minimum absolute atomic E-state index is 0.841. The molecule has 10 rings (SSSR count). The highest BCUT2D eigenvalue weighted by Crippen LogP contribution is 2.50. The van der Waals surface area contributed by atoms with Crippen LogP contribution in [-0.4, -0.2) is 4.57 Å². The van der Waals surface area contributed by atoms with Crippen LogP contribution in [0.4, 0.5) is 34.1 Å². The number of benzene rings is 8. The van der Waals surface area contributed by atoms with Gasteiger partial charge in [-0.3, -0.25) is 0 Å². The number of fused-ring (bicyclic) bond motifs is 5. The van der Waals surface area contributed by atoms with Crippen molar-refractivity contribution in [2.24, 2.45) is 0 Å². The number of rotatable bonds is 6. The zero-order valence-corrected chi connectivity index (χ0v) is 28.3. The molecule has 0 unspecified atom stereocenters. The molecule has 1 aliphatic heterocycles. The summed E-state index contributed by atoms with van der Waals surface area (Å²) in [5, 5.41) is 2.40. The Kier molecular flexibility index (Phi) is 7.10. The summed E-state index contributed by atoms with van der Waals surface area (Å²) in [7, 11) is 0. The number of hydrogen-bond acceptors (Lipinski definition) is 3. The van der Waals surface area contributed by atoms with Gasteiger partial charge in [0.2, 0.25) is 0 Å². The lowest BCUT2D eigenvalue weighted by Gasteiger charge is -2.33. The monoisotopic (exact) mass is 667 g/mol. The molecule has 0 spiro atoms. The van der Waals surface area contributed by atoms with Gasteiger partial charge in [-0.25, -0.2) is 0 Å². The van der Waals surface area contributed by atoms with Gasteiger partial charge >= 0.3 is 0 Å². The highest BCUT2D eigenvalue weighted by Gasteiger charge is 2.26. The fraction of sp³-hybridized carbons (Fsp3) is 0. The number of anilines is 6. The van der Waals surface area contributed by atoms with Crippen LogP contribution >= 0.6 is 0 Å². The van der Waals surface area contributed by atoms with E-state index in [-0.39, 0.29) is 0 Å². The zero-order chi connectivity index (χ0) is 34.4. The Morgan fingerprint density at radius 1 is 0.365 bits per heavy atom. The van der Waals surface area contributed by atoms with Crippen LogP contribution in [0.15, 0.2) is 200 Å². The Labute approximate surface area is 302 Å². The van der Waals surface area contributed by atoms with Gasteiger partial charge in [0, 0.05) is 39.2 Å². The minimum atomic E-state index is 0.841. The third-order valence-electron chi connectivity index (χ3n) is 9.94. The van der Waals surface area contributed by atoms with Crippen molar-refractivity contribution in [2.45, 2.75) is 0 Å². The summed E-state index contributed by atoms with van der Waals surface area (Å²) in [5.74, 6) is 1.68. The molecule has 8 aromatic carbocycles. The lowest BCUT2D eigenvalue weighted by Crippen LogP contribution is -2.15. The maximum Gasteiger partial charge on any atom is 0.151 e. The van der Waals surface area contributed by atoms with Gasteiger partial charge in [0.25, 0.3) is 0 Å². The molecule has 0 saturated heterocycles. The zero-order valence-electron chi connectivity index (χ0n) is 28.3. The van der Waals surface area contributed by atoms with E-state index < -0.39 is 0 Å². The van der Waals surface area contributed by atoms with Crippen molar-refractivity contribution in [3.05, 3.63) is 200 Å². The Morgan fingerprint density at radius 3 is 1.67 bits per heavy atom. The lowest BCUT2D eigenvalue weighted by atomic mass is 10.0. The first-order chi connectivity index (χ1) is 25.8. The van der Waals surface area contributed by atoms with Gasteiger partial charge in [-0.1, -0.05) is 109 Å². The first-order valence-corrected chi connectivity index (χ1v) is 17.6. The second-order valence-electron chi connectivity index (χ2n) is 13.0. The molecule has 1 aliphatic rings. The van der Waals surface area contributed by atoms with Gasteiger partial charge in [-0.15, -0.1) is 0 Å². The maximum absolute atomic E-state index is 6.32. The SMILES string of the molecule is c1ccc(-c2ccc(N(c3ccccc3)c3ccc4c(c3)c3ccccc3n4-c3cccc(N4c5ccccc5Oc5ccccc54)c3)cc2)cc1. The second-order valence-corrected chi connectivity index (χ2v) is 13.0. The molecule has 0 radical (unpaired) electrons. The predicted octanol–water partition coefficient (Wildman–Crippen LogP) is 13.5. The highest BCUT2D eigenvalue weighted by molar-refractivity contribution is 6.10. The molecule has 0 fully saturated rings. The molecule has 52 heavy (non-hydrogen) atoms. The van der Waals surface area contributed by atoms with Gasteiger partial charge in [0.15, 0.2) is 11.5 Å². The summed E-state index contributed by atoms with van der Waals surface area (Å²) >= 11 is 0. The van der Waals surface area contributed by atoms with E-state index in [9.17, 15) is 0 Å². The number of aromatic nitrogens is 1. The van der Waals surface area contributed by atoms with Crippen molar-refractivity contribution in [1.82, 2.24) is 4.57 Å². The number of nitrogens with zero attached hydrogens (tertiary/aromatic N) is 3. The molecule has 0 bridgehead atoms. The van der Waals surface area contributed by atoms with E-state index >= 15 is 0 Å². The average Bonchev–Trinajstić information content (AvgIpc) is 3.55. The Balaban J connectivity index is 1.11. The predicted molar refractivity (Wildman–Crippen MR) is 216 cm³/mol. The van der Waals surface area contributed by atoms with Gasteiger partial charge in [0.1, 0.15) is 0 Å². The van der Waals surface area contributed by atoms with Crippen LogP contribution in [0, 0.1) is 0 Å². The normalized spacial score (nSPS) is 12.0. The van der Waals surface area contributed by atoms with Crippen LogP contribution < -0.4 is 14.5 Å². The van der Waals surface area contributed by atoms with Crippen molar-refractivity contribution >= 4 is 55.9 Å². The minimum Gasteiger partial charge on any atom is -0.453 e. The summed E-state index contributed by atoms with van der Waals surface area (Å²) in [4.78, 5) is 4.64.